The number of carbonyl (C=O) groups is 1. The molecule has 0 aliphatic heterocycles. The number of nitrogens with one attached hydrogen (secondary N) is 1. The fourth-order valence-corrected chi connectivity index (χ4v) is 4.21. The molecule has 108 valence electrons. The van der Waals surface area contributed by atoms with Crippen molar-refractivity contribution in [3.63, 3.8) is 0 Å². The summed E-state index contributed by atoms with van der Waals surface area (Å²) in [5.41, 5.74) is 0.473. The zero-order chi connectivity index (χ0) is 14.6. The molecule has 0 unspecified atom stereocenters. The highest BCUT2D eigenvalue weighted by Crippen LogP contribution is 2.26. The summed E-state index contributed by atoms with van der Waals surface area (Å²) < 4.78 is 26.7. The monoisotopic (exact) mass is 305 g/mol. The van der Waals surface area contributed by atoms with Gasteiger partial charge in [0.2, 0.25) is 10.0 Å². The Morgan fingerprint density at radius 3 is 2.42 bits per heavy atom. The van der Waals surface area contributed by atoms with Gasteiger partial charge < -0.3 is 5.11 Å². The van der Waals surface area contributed by atoms with E-state index < -0.39 is 16.0 Å². The molecule has 19 heavy (non-hydrogen) atoms. The molecule has 0 atom stereocenters. The molecule has 0 radical (unpaired) electrons. The zero-order valence-electron chi connectivity index (χ0n) is 11.3. The number of hydrogen-bond acceptors (Lipinski definition) is 4. The Balaban J connectivity index is 2.89. The van der Waals surface area contributed by atoms with Gasteiger partial charge in [0.25, 0.3) is 0 Å². The van der Waals surface area contributed by atoms with Gasteiger partial charge in [0.1, 0.15) is 9.09 Å². The largest absolute Gasteiger partial charge is 0.477 e. The van der Waals surface area contributed by atoms with Crippen molar-refractivity contribution < 1.29 is 18.3 Å². The second kappa shape index (κ2) is 6.49. The van der Waals surface area contributed by atoms with Crippen molar-refractivity contribution in [1.82, 2.24) is 4.72 Å². The second-order valence-electron chi connectivity index (χ2n) is 4.42. The lowest BCUT2D eigenvalue weighted by Gasteiger charge is -2.12. The van der Waals surface area contributed by atoms with Crippen LogP contribution >= 0.6 is 11.3 Å². The van der Waals surface area contributed by atoms with E-state index in [2.05, 4.69) is 4.72 Å². The van der Waals surface area contributed by atoms with Gasteiger partial charge in [-0.1, -0.05) is 26.7 Å². The van der Waals surface area contributed by atoms with E-state index in [4.69, 9.17) is 5.11 Å². The molecule has 0 aromatic carbocycles. The molecule has 1 aromatic rings. The van der Waals surface area contributed by atoms with Crippen molar-refractivity contribution in [2.45, 2.75) is 37.8 Å². The average Bonchev–Trinajstić information content (AvgIpc) is 2.73. The first kappa shape index (κ1) is 16.1. The normalized spacial score (nSPS) is 12.0. The molecule has 0 amide bonds. The van der Waals surface area contributed by atoms with Crippen LogP contribution < -0.4 is 4.72 Å². The van der Waals surface area contributed by atoms with E-state index in [1.54, 1.807) is 6.92 Å². The van der Waals surface area contributed by atoms with Gasteiger partial charge >= 0.3 is 5.97 Å². The van der Waals surface area contributed by atoms with Gasteiger partial charge in [-0.15, -0.1) is 11.3 Å². The summed E-state index contributed by atoms with van der Waals surface area (Å²) in [4.78, 5) is 11.0. The van der Waals surface area contributed by atoms with Crippen LogP contribution in [-0.2, 0) is 10.0 Å². The minimum atomic E-state index is -3.61. The lowest BCUT2D eigenvalue weighted by molar-refractivity contribution is 0.0701. The lowest BCUT2D eigenvalue weighted by atomic mass is 10.0. The highest BCUT2D eigenvalue weighted by atomic mass is 32.2. The predicted octanol–water partition coefficient (Wildman–Crippen LogP) is 2.47. The molecule has 7 heteroatoms. The summed E-state index contributed by atoms with van der Waals surface area (Å²) in [5.74, 6) is -0.793. The van der Waals surface area contributed by atoms with Crippen molar-refractivity contribution in [1.29, 1.82) is 0 Å². The first-order chi connectivity index (χ1) is 8.81. The summed E-state index contributed by atoms with van der Waals surface area (Å²) in [6.07, 6.45) is 1.81. The number of rotatable bonds is 7. The van der Waals surface area contributed by atoms with Gasteiger partial charge in [0.15, 0.2) is 0 Å². The number of thiophene rings is 1. The molecule has 0 fully saturated rings. The van der Waals surface area contributed by atoms with Crippen LogP contribution in [0.1, 0.15) is 41.9 Å². The highest BCUT2D eigenvalue weighted by molar-refractivity contribution is 7.91. The number of aryl methyl sites for hydroxylation is 1. The number of carboxylic acids is 1. The first-order valence-corrected chi connectivity index (χ1v) is 8.45. The van der Waals surface area contributed by atoms with Crippen molar-refractivity contribution in [2.75, 3.05) is 6.54 Å². The third kappa shape index (κ3) is 4.02. The molecule has 0 aliphatic carbocycles. The van der Waals surface area contributed by atoms with Gasteiger partial charge in [-0.25, -0.2) is 17.9 Å². The van der Waals surface area contributed by atoms with Gasteiger partial charge in [0, 0.05) is 6.54 Å². The molecule has 1 heterocycles. The first-order valence-electron chi connectivity index (χ1n) is 6.15. The molecule has 5 nitrogen and oxygen atoms in total. The molecule has 2 N–H and O–H groups in total. The Bertz CT molecular complexity index is 544. The molecular weight excluding hydrogens is 286 g/mol. The van der Waals surface area contributed by atoms with Gasteiger partial charge in [0.05, 0.1) is 0 Å². The Hall–Kier alpha value is -0.920. The number of carboxylic acid groups (broad SMARTS) is 1. The summed E-state index contributed by atoms with van der Waals surface area (Å²) >= 11 is 0.791. The molecule has 1 aromatic heterocycles. The molecule has 0 saturated carbocycles. The fraction of sp³-hybridized carbons (Fsp3) is 0.583. The van der Waals surface area contributed by atoms with Crippen LogP contribution in [0.15, 0.2) is 10.3 Å². The molecule has 0 spiro atoms. The van der Waals surface area contributed by atoms with Crippen LogP contribution in [0.5, 0.6) is 0 Å². The molecule has 0 saturated heterocycles. The quantitative estimate of drug-likeness (QED) is 0.810. The maximum absolute atomic E-state index is 12.1. The van der Waals surface area contributed by atoms with E-state index in [1.807, 2.05) is 13.8 Å². The third-order valence-corrected chi connectivity index (χ3v) is 6.19. The maximum atomic E-state index is 12.1. The second-order valence-corrected chi connectivity index (χ2v) is 7.46. The summed E-state index contributed by atoms with van der Waals surface area (Å²) in [7, 11) is -3.61. The van der Waals surface area contributed by atoms with E-state index in [0.717, 1.165) is 24.2 Å². The number of aromatic carboxylic acids is 1. The average molecular weight is 305 g/mol. The van der Waals surface area contributed by atoms with Crippen LogP contribution in [0.3, 0.4) is 0 Å². The van der Waals surface area contributed by atoms with Crippen LogP contribution in [0, 0.1) is 12.8 Å². The maximum Gasteiger partial charge on any atom is 0.346 e. The molecule has 0 aliphatic rings. The highest BCUT2D eigenvalue weighted by Gasteiger charge is 2.22. The van der Waals surface area contributed by atoms with Crippen LogP contribution in [0.2, 0.25) is 0 Å². The third-order valence-electron chi connectivity index (χ3n) is 3.07. The molecule has 1 rings (SSSR count). The smallest absolute Gasteiger partial charge is 0.346 e. The number of hydrogen-bond donors (Lipinski definition) is 2. The SMILES string of the molecule is CCC(CC)CNS(=O)(=O)c1cc(C)c(C(=O)O)s1. The van der Waals surface area contributed by atoms with E-state index >= 15 is 0 Å². The van der Waals surface area contributed by atoms with E-state index in [9.17, 15) is 13.2 Å². The summed E-state index contributed by atoms with van der Waals surface area (Å²) in [6.45, 7) is 6.01. The Morgan fingerprint density at radius 2 is 2.00 bits per heavy atom. The summed E-state index contributed by atoms with van der Waals surface area (Å²) in [5, 5.41) is 8.93. The Labute approximate surface area is 117 Å². The minimum absolute atomic E-state index is 0.0633. The van der Waals surface area contributed by atoms with Crippen molar-refractivity contribution in [3.05, 3.63) is 16.5 Å². The molecular formula is C12H19NO4S2. The van der Waals surface area contributed by atoms with E-state index in [1.165, 1.54) is 6.07 Å². The van der Waals surface area contributed by atoms with Crippen LogP contribution in [0.4, 0.5) is 0 Å². The van der Waals surface area contributed by atoms with E-state index in [-0.39, 0.29) is 9.09 Å². The lowest BCUT2D eigenvalue weighted by Crippen LogP contribution is -2.28. The van der Waals surface area contributed by atoms with Crippen LogP contribution in [-0.4, -0.2) is 26.0 Å². The van der Waals surface area contributed by atoms with Crippen molar-refractivity contribution >= 4 is 27.3 Å². The van der Waals surface area contributed by atoms with Crippen LogP contribution in [0.25, 0.3) is 0 Å². The standard InChI is InChI=1S/C12H19NO4S2/c1-4-9(5-2)7-13-19(16,17)10-6-8(3)11(18-10)12(14)15/h6,9,13H,4-5,7H2,1-3H3,(H,14,15). The van der Waals surface area contributed by atoms with Gasteiger partial charge in [-0.2, -0.15) is 0 Å². The zero-order valence-corrected chi connectivity index (χ0v) is 12.9. The van der Waals surface area contributed by atoms with Crippen molar-refractivity contribution in [3.8, 4) is 0 Å². The van der Waals surface area contributed by atoms with Gasteiger partial charge in [-0.05, 0) is 24.5 Å². The Morgan fingerprint density at radius 1 is 1.42 bits per heavy atom. The number of sulfonamides is 1. The predicted molar refractivity (Wildman–Crippen MR) is 75.3 cm³/mol. The Kier molecular flexibility index (Phi) is 5.51. The summed E-state index contributed by atoms with van der Waals surface area (Å²) in [6, 6.07) is 1.41. The topological polar surface area (TPSA) is 83.5 Å². The van der Waals surface area contributed by atoms with Crippen molar-refractivity contribution in [2.24, 2.45) is 5.92 Å². The minimum Gasteiger partial charge on any atom is -0.477 e. The molecule has 0 bridgehead atoms. The van der Waals surface area contributed by atoms with Gasteiger partial charge in [-0.3, -0.25) is 0 Å². The fourth-order valence-electron chi connectivity index (χ4n) is 1.67. The van der Waals surface area contributed by atoms with E-state index in [0.29, 0.717) is 18.0 Å².